The van der Waals surface area contributed by atoms with Gasteiger partial charge in [-0.05, 0) is 33.6 Å². The Bertz CT molecular complexity index is 273. The second kappa shape index (κ2) is 7.07. The van der Waals surface area contributed by atoms with Crippen molar-refractivity contribution in [1.29, 1.82) is 0 Å². The molecule has 0 aromatic carbocycles. The van der Waals surface area contributed by atoms with Crippen LogP contribution in [-0.4, -0.2) is 50.5 Å². The molecule has 0 aromatic heterocycles. The van der Waals surface area contributed by atoms with Crippen LogP contribution in [0.4, 0.5) is 0 Å². The van der Waals surface area contributed by atoms with Crippen molar-refractivity contribution in [2.45, 2.75) is 51.3 Å². The minimum absolute atomic E-state index is 0.0337. The van der Waals surface area contributed by atoms with Crippen LogP contribution in [0.5, 0.6) is 0 Å². The Morgan fingerprint density at radius 1 is 1.61 bits per heavy atom. The van der Waals surface area contributed by atoms with E-state index in [9.17, 15) is 4.79 Å². The van der Waals surface area contributed by atoms with Gasteiger partial charge in [0.05, 0.1) is 12.1 Å². The summed E-state index contributed by atoms with van der Waals surface area (Å²) < 4.78 is 10.5. The molecule has 1 aliphatic heterocycles. The summed E-state index contributed by atoms with van der Waals surface area (Å²) in [7, 11) is 1.66. The lowest BCUT2D eigenvalue weighted by Gasteiger charge is -2.32. The molecule has 0 radical (unpaired) electrons. The Morgan fingerprint density at radius 2 is 2.33 bits per heavy atom. The second-order valence-corrected chi connectivity index (χ2v) is 5.18. The number of hydrogen-bond acceptors (Lipinski definition) is 4. The number of hydrogen-bond donors (Lipinski definition) is 2. The second-order valence-electron chi connectivity index (χ2n) is 5.18. The van der Waals surface area contributed by atoms with Crippen molar-refractivity contribution < 1.29 is 14.3 Å². The van der Waals surface area contributed by atoms with Crippen LogP contribution in [0.15, 0.2) is 0 Å². The Kier molecular flexibility index (Phi) is 6.05. The molecule has 2 N–H and O–H groups in total. The highest BCUT2D eigenvalue weighted by Crippen LogP contribution is 2.25. The smallest absolute Gasteiger partial charge is 0.236 e. The van der Waals surface area contributed by atoms with E-state index in [1.54, 1.807) is 7.11 Å². The minimum atomic E-state index is -0.207. The van der Waals surface area contributed by atoms with Gasteiger partial charge in [-0.25, -0.2) is 0 Å². The standard InChI is InChI=1S/C13H26N2O3/c1-10(12(16)14-7-5-8-17-4)15-13(3)6-9-18-11(13)2/h10-11,15H,5-9H2,1-4H3,(H,14,16). The predicted octanol–water partition coefficient (Wildman–Crippen LogP) is 0.685. The van der Waals surface area contributed by atoms with E-state index in [2.05, 4.69) is 17.6 Å². The zero-order valence-electron chi connectivity index (χ0n) is 11.9. The third-order valence-corrected chi connectivity index (χ3v) is 3.65. The number of carbonyl (C=O) groups is 1. The summed E-state index contributed by atoms with van der Waals surface area (Å²) in [5, 5.41) is 6.28. The van der Waals surface area contributed by atoms with Crippen molar-refractivity contribution in [3.63, 3.8) is 0 Å². The van der Waals surface area contributed by atoms with Crippen LogP contribution in [0.3, 0.4) is 0 Å². The van der Waals surface area contributed by atoms with Crippen LogP contribution in [-0.2, 0) is 14.3 Å². The van der Waals surface area contributed by atoms with Crippen LogP contribution in [0, 0.1) is 0 Å². The van der Waals surface area contributed by atoms with Crippen molar-refractivity contribution in [3.05, 3.63) is 0 Å². The van der Waals surface area contributed by atoms with Crippen molar-refractivity contribution in [3.8, 4) is 0 Å². The third kappa shape index (κ3) is 4.23. The van der Waals surface area contributed by atoms with E-state index in [0.29, 0.717) is 13.2 Å². The minimum Gasteiger partial charge on any atom is -0.385 e. The fourth-order valence-electron chi connectivity index (χ4n) is 2.17. The maximum atomic E-state index is 11.9. The highest BCUT2D eigenvalue weighted by Gasteiger charge is 2.38. The van der Waals surface area contributed by atoms with Gasteiger partial charge in [0.25, 0.3) is 0 Å². The highest BCUT2D eigenvalue weighted by atomic mass is 16.5. The van der Waals surface area contributed by atoms with Gasteiger partial charge in [0, 0.05) is 32.4 Å². The molecule has 1 saturated heterocycles. The summed E-state index contributed by atoms with van der Waals surface area (Å²) in [6.07, 6.45) is 1.92. The zero-order valence-corrected chi connectivity index (χ0v) is 11.9. The number of amides is 1. The Balaban J connectivity index is 2.31. The fraction of sp³-hybridized carbons (Fsp3) is 0.923. The molecule has 0 aliphatic carbocycles. The number of ether oxygens (including phenoxy) is 2. The van der Waals surface area contributed by atoms with Gasteiger partial charge in [0.15, 0.2) is 0 Å². The van der Waals surface area contributed by atoms with Crippen LogP contribution in [0.1, 0.15) is 33.6 Å². The molecular formula is C13H26N2O3. The lowest BCUT2D eigenvalue weighted by atomic mass is 9.93. The molecule has 0 aromatic rings. The van der Waals surface area contributed by atoms with Crippen molar-refractivity contribution in [1.82, 2.24) is 10.6 Å². The van der Waals surface area contributed by atoms with Gasteiger partial charge in [-0.2, -0.15) is 0 Å². The summed E-state index contributed by atoms with van der Waals surface area (Å²) in [4.78, 5) is 11.9. The van der Waals surface area contributed by atoms with Gasteiger partial charge in [-0.3, -0.25) is 10.1 Å². The van der Waals surface area contributed by atoms with Crippen LogP contribution < -0.4 is 10.6 Å². The van der Waals surface area contributed by atoms with Crippen LogP contribution in [0.2, 0.25) is 0 Å². The molecule has 106 valence electrons. The molecule has 0 saturated carbocycles. The molecule has 5 heteroatoms. The molecule has 5 nitrogen and oxygen atoms in total. The first kappa shape index (κ1) is 15.4. The van der Waals surface area contributed by atoms with Crippen molar-refractivity contribution in [2.75, 3.05) is 26.9 Å². The van der Waals surface area contributed by atoms with E-state index in [1.165, 1.54) is 0 Å². The van der Waals surface area contributed by atoms with Gasteiger partial charge < -0.3 is 14.8 Å². The first-order valence-electron chi connectivity index (χ1n) is 6.65. The van der Waals surface area contributed by atoms with E-state index in [0.717, 1.165) is 19.4 Å². The largest absolute Gasteiger partial charge is 0.385 e. The van der Waals surface area contributed by atoms with Crippen molar-refractivity contribution >= 4 is 5.91 Å². The lowest BCUT2D eigenvalue weighted by Crippen LogP contribution is -2.56. The molecule has 18 heavy (non-hydrogen) atoms. The molecule has 1 fully saturated rings. The van der Waals surface area contributed by atoms with Crippen LogP contribution in [0.25, 0.3) is 0 Å². The van der Waals surface area contributed by atoms with E-state index in [1.807, 2.05) is 13.8 Å². The molecule has 0 bridgehead atoms. The summed E-state index contributed by atoms with van der Waals surface area (Å²) in [6.45, 7) is 8.13. The summed E-state index contributed by atoms with van der Waals surface area (Å²) in [6, 6.07) is -0.207. The Hall–Kier alpha value is -0.650. The molecule has 1 heterocycles. The molecule has 3 unspecified atom stereocenters. The number of carbonyl (C=O) groups excluding carboxylic acids is 1. The Morgan fingerprint density at radius 3 is 2.89 bits per heavy atom. The number of nitrogens with one attached hydrogen (secondary N) is 2. The maximum absolute atomic E-state index is 11.9. The predicted molar refractivity (Wildman–Crippen MR) is 70.5 cm³/mol. The average Bonchev–Trinajstić information content (AvgIpc) is 2.64. The number of methoxy groups -OCH3 is 1. The van der Waals surface area contributed by atoms with Gasteiger partial charge in [0.1, 0.15) is 0 Å². The van der Waals surface area contributed by atoms with Gasteiger partial charge in [-0.1, -0.05) is 0 Å². The maximum Gasteiger partial charge on any atom is 0.236 e. The molecule has 1 aliphatic rings. The van der Waals surface area contributed by atoms with Crippen LogP contribution >= 0.6 is 0 Å². The first-order chi connectivity index (χ1) is 8.49. The Labute approximate surface area is 110 Å². The summed E-state index contributed by atoms with van der Waals surface area (Å²) >= 11 is 0. The number of rotatable bonds is 7. The highest BCUT2D eigenvalue weighted by molar-refractivity contribution is 5.81. The SMILES string of the molecule is COCCCNC(=O)C(C)NC1(C)CCOC1C. The molecule has 0 spiro atoms. The van der Waals surface area contributed by atoms with Gasteiger partial charge >= 0.3 is 0 Å². The summed E-state index contributed by atoms with van der Waals surface area (Å²) in [5.41, 5.74) is -0.108. The van der Waals surface area contributed by atoms with E-state index in [-0.39, 0.29) is 23.6 Å². The third-order valence-electron chi connectivity index (χ3n) is 3.65. The topological polar surface area (TPSA) is 59.6 Å². The van der Waals surface area contributed by atoms with Crippen molar-refractivity contribution in [2.24, 2.45) is 0 Å². The summed E-state index contributed by atoms with van der Waals surface area (Å²) in [5.74, 6) is 0.0337. The average molecular weight is 258 g/mol. The first-order valence-corrected chi connectivity index (χ1v) is 6.65. The molecule has 1 amide bonds. The normalized spacial score (nSPS) is 29.2. The quantitative estimate of drug-likeness (QED) is 0.660. The molecule has 3 atom stereocenters. The monoisotopic (exact) mass is 258 g/mol. The molecule has 1 rings (SSSR count). The zero-order chi connectivity index (χ0) is 13.6. The lowest BCUT2D eigenvalue weighted by molar-refractivity contribution is -0.123. The van der Waals surface area contributed by atoms with Gasteiger partial charge in [0.2, 0.25) is 5.91 Å². The van der Waals surface area contributed by atoms with Gasteiger partial charge in [-0.15, -0.1) is 0 Å². The fourth-order valence-corrected chi connectivity index (χ4v) is 2.17. The molecular weight excluding hydrogens is 232 g/mol. The van der Waals surface area contributed by atoms with E-state index >= 15 is 0 Å². The van der Waals surface area contributed by atoms with E-state index < -0.39 is 0 Å². The van der Waals surface area contributed by atoms with E-state index in [4.69, 9.17) is 9.47 Å².